The van der Waals surface area contributed by atoms with Gasteiger partial charge in [0.25, 0.3) is 5.91 Å². The summed E-state index contributed by atoms with van der Waals surface area (Å²) in [4.78, 5) is 23.6. The molecule has 1 heterocycles. The van der Waals surface area contributed by atoms with Crippen molar-refractivity contribution in [3.63, 3.8) is 0 Å². The zero-order valence-electron chi connectivity index (χ0n) is 19.3. The molecule has 4 rings (SSSR count). The second-order valence-corrected chi connectivity index (χ2v) is 8.68. The highest BCUT2D eigenvalue weighted by atomic mass is 16.6. The number of hydrogen-bond acceptors (Lipinski definition) is 7. The maximum absolute atomic E-state index is 12.9. The van der Waals surface area contributed by atoms with Gasteiger partial charge in [0.05, 0.1) is 47.4 Å². The normalized spacial score (nSPS) is 12.6. The van der Waals surface area contributed by atoms with E-state index in [1.165, 1.54) is 13.2 Å². The molecule has 1 aliphatic heterocycles. The number of fused-ring (bicyclic) bond motifs is 2. The Labute approximate surface area is 196 Å². The van der Waals surface area contributed by atoms with Crippen molar-refractivity contribution < 1.29 is 24.3 Å². The van der Waals surface area contributed by atoms with E-state index in [9.17, 15) is 20.0 Å². The van der Waals surface area contributed by atoms with E-state index in [1.807, 2.05) is 12.1 Å². The Bertz CT molecular complexity index is 1300. The van der Waals surface area contributed by atoms with Crippen LogP contribution in [0.3, 0.4) is 0 Å². The molecule has 34 heavy (non-hydrogen) atoms. The minimum absolute atomic E-state index is 0.124. The molecule has 3 aromatic rings. The molecule has 176 valence electrons. The largest absolute Gasteiger partial charge is 0.496 e. The van der Waals surface area contributed by atoms with Gasteiger partial charge in [-0.2, -0.15) is 0 Å². The lowest BCUT2D eigenvalue weighted by atomic mass is 9.97. The minimum atomic E-state index is -0.949. The first-order chi connectivity index (χ1) is 16.1. The monoisotopic (exact) mass is 463 g/mol. The fourth-order valence-electron chi connectivity index (χ4n) is 3.99. The SMILES string of the molecule is COc1cc2c(cc1CC(C)(C)O)Nc1cc(-c3ccc([N+](=O)[O-])c(OC)c3)ccc1C(=O)N2. The van der Waals surface area contributed by atoms with Gasteiger partial charge in [-0.1, -0.05) is 6.07 Å². The summed E-state index contributed by atoms with van der Waals surface area (Å²) in [5, 5.41) is 27.8. The van der Waals surface area contributed by atoms with Gasteiger partial charge >= 0.3 is 5.69 Å². The molecular weight excluding hydrogens is 438 g/mol. The fraction of sp³-hybridized carbons (Fsp3) is 0.240. The topological polar surface area (TPSA) is 123 Å². The van der Waals surface area contributed by atoms with E-state index in [2.05, 4.69) is 10.6 Å². The van der Waals surface area contributed by atoms with Gasteiger partial charge in [-0.15, -0.1) is 0 Å². The van der Waals surface area contributed by atoms with Crippen molar-refractivity contribution in [2.75, 3.05) is 24.9 Å². The summed E-state index contributed by atoms with van der Waals surface area (Å²) in [5.74, 6) is 0.427. The number of benzene rings is 3. The summed E-state index contributed by atoms with van der Waals surface area (Å²) in [6.45, 7) is 3.43. The molecule has 0 unspecified atom stereocenters. The first-order valence-corrected chi connectivity index (χ1v) is 10.6. The average molecular weight is 463 g/mol. The molecule has 0 saturated carbocycles. The molecule has 9 heteroatoms. The number of carbonyl (C=O) groups is 1. The van der Waals surface area contributed by atoms with Crippen molar-refractivity contribution in [1.82, 2.24) is 0 Å². The molecule has 0 radical (unpaired) electrons. The number of aliphatic hydroxyl groups is 1. The molecule has 0 spiro atoms. The Morgan fingerprint density at radius 1 is 0.912 bits per heavy atom. The molecule has 1 aliphatic rings. The highest BCUT2D eigenvalue weighted by Crippen LogP contribution is 2.40. The Hall–Kier alpha value is -4.11. The lowest BCUT2D eigenvalue weighted by Gasteiger charge is -2.21. The third-order valence-corrected chi connectivity index (χ3v) is 5.54. The number of hydrogen-bond donors (Lipinski definition) is 3. The van der Waals surface area contributed by atoms with E-state index < -0.39 is 10.5 Å². The van der Waals surface area contributed by atoms with Crippen LogP contribution in [-0.2, 0) is 6.42 Å². The van der Waals surface area contributed by atoms with Crippen molar-refractivity contribution in [1.29, 1.82) is 0 Å². The summed E-state index contributed by atoms with van der Waals surface area (Å²) in [5.41, 5.74) is 3.39. The molecule has 0 saturated heterocycles. The maximum atomic E-state index is 12.9. The zero-order chi connectivity index (χ0) is 24.6. The minimum Gasteiger partial charge on any atom is -0.496 e. The van der Waals surface area contributed by atoms with Gasteiger partial charge in [-0.25, -0.2) is 0 Å². The number of nitro groups is 1. The van der Waals surface area contributed by atoms with E-state index in [4.69, 9.17) is 9.47 Å². The van der Waals surface area contributed by atoms with E-state index in [0.29, 0.717) is 40.4 Å². The number of ether oxygens (including phenoxy) is 2. The molecular formula is C25H25N3O6. The van der Waals surface area contributed by atoms with Crippen LogP contribution in [-0.4, -0.2) is 35.8 Å². The molecule has 0 fully saturated rings. The van der Waals surface area contributed by atoms with Crippen molar-refractivity contribution in [3.05, 3.63) is 69.8 Å². The fourth-order valence-corrected chi connectivity index (χ4v) is 3.99. The number of rotatable bonds is 6. The molecule has 3 aromatic carbocycles. The highest BCUT2D eigenvalue weighted by Gasteiger charge is 2.24. The summed E-state index contributed by atoms with van der Waals surface area (Å²) < 4.78 is 10.7. The second kappa shape index (κ2) is 8.68. The van der Waals surface area contributed by atoms with Gasteiger partial charge < -0.3 is 25.2 Å². The molecule has 0 aliphatic carbocycles. The smallest absolute Gasteiger partial charge is 0.310 e. The third-order valence-electron chi connectivity index (χ3n) is 5.54. The molecule has 3 N–H and O–H groups in total. The van der Waals surface area contributed by atoms with Gasteiger partial charge in [0.1, 0.15) is 5.75 Å². The van der Waals surface area contributed by atoms with Crippen LogP contribution < -0.4 is 20.1 Å². The van der Waals surface area contributed by atoms with E-state index in [1.54, 1.807) is 51.3 Å². The number of amides is 1. The van der Waals surface area contributed by atoms with Gasteiger partial charge in [-0.05, 0) is 60.9 Å². The molecule has 0 bridgehead atoms. The summed E-state index contributed by atoms with van der Waals surface area (Å²) in [6.07, 6.45) is 0.356. The predicted octanol–water partition coefficient (Wildman–Crippen LogP) is 4.90. The van der Waals surface area contributed by atoms with Crippen molar-refractivity contribution in [2.45, 2.75) is 25.9 Å². The maximum Gasteiger partial charge on any atom is 0.310 e. The van der Waals surface area contributed by atoms with Gasteiger partial charge in [-0.3, -0.25) is 14.9 Å². The van der Waals surface area contributed by atoms with Crippen LogP contribution in [0.4, 0.5) is 22.7 Å². The van der Waals surface area contributed by atoms with Crippen LogP contribution in [0.1, 0.15) is 29.8 Å². The summed E-state index contributed by atoms with van der Waals surface area (Å²) in [6, 6.07) is 13.5. The Morgan fingerprint density at radius 3 is 2.21 bits per heavy atom. The molecule has 0 aromatic heterocycles. The van der Waals surface area contributed by atoms with Gasteiger partial charge in [0.2, 0.25) is 0 Å². The second-order valence-electron chi connectivity index (χ2n) is 8.68. The van der Waals surface area contributed by atoms with Gasteiger partial charge in [0, 0.05) is 18.6 Å². The number of anilines is 3. The lowest BCUT2D eigenvalue weighted by Crippen LogP contribution is -2.22. The highest BCUT2D eigenvalue weighted by molar-refractivity contribution is 6.12. The number of carbonyl (C=O) groups excluding carboxylic acids is 1. The standard InChI is InChI=1S/C25H25N3O6/c1-25(2,30)13-16-10-19-20(12-22(16)33-3)27-24(29)17-7-5-14(9-18(17)26-19)15-6-8-21(28(31)32)23(11-15)34-4/h5-12,26,30H,13H2,1-4H3,(H,27,29). The van der Waals surface area contributed by atoms with Crippen LogP contribution in [0.2, 0.25) is 0 Å². The number of methoxy groups -OCH3 is 2. The van der Waals surface area contributed by atoms with Crippen molar-refractivity contribution in [2.24, 2.45) is 0 Å². The summed E-state index contributed by atoms with van der Waals surface area (Å²) in [7, 11) is 2.92. The molecule has 0 atom stereocenters. The Kier molecular flexibility index (Phi) is 5.89. The zero-order valence-corrected chi connectivity index (χ0v) is 19.3. The first-order valence-electron chi connectivity index (χ1n) is 10.6. The van der Waals surface area contributed by atoms with E-state index in [-0.39, 0.29) is 17.3 Å². The van der Waals surface area contributed by atoms with Crippen LogP contribution >= 0.6 is 0 Å². The van der Waals surface area contributed by atoms with Crippen molar-refractivity contribution >= 4 is 28.7 Å². The number of nitrogens with zero attached hydrogens (tertiary/aromatic N) is 1. The number of nitrogens with one attached hydrogen (secondary N) is 2. The Morgan fingerprint density at radius 2 is 1.56 bits per heavy atom. The van der Waals surface area contributed by atoms with Crippen LogP contribution in [0.15, 0.2) is 48.5 Å². The predicted molar refractivity (Wildman–Crippen MR) is 129 cm³/mol. The Balaban J connectivity index is 1.77. The first kappa shape index (κ1) is 23.1. The van der Waals surface area contributed by atoms with Crippen molar-refractivity contribution in [3.8, 4) is 22.6 Å². The third kappa shape index (κ3) is 4.51. The van der Waals surface area contributed by atoms with Crippen LogP contribution in [0.25, 0.3) is 11.1 Å². The van der Waals surface area contributed by atoms with E-state index >= 15 is 0 Å². The molecule has 1 amide bonds. The average Bonchev–Trinajstić information content (AvgIpc) is 2.91. The summed E-state index contributed by atoms with van der Waals surface area (Å²) >= 11 is 0. The quantitative estimate of drug-likeness (QED) is 0.351. The molecule has 9 nitrogen and oxygen atoms in total. The van der Waals surface area contributed by atoms with Crippen LogP contribution in [0, 0.1) is 10.1 Å². The van der Waals surface area contributed by atoms with Crippen LogP contribution in [0.5, 0.6) is 11.5 Å². The van der Waals surface area contributed by atoms with Gasteiger partial charge in [0.15, 0.2) is 5.75 Å². The number of nitro benzene ring substituents is 1. The lowest BCUT2D eigenvalue weighted by molar-refractivity contribution is -0.385. The van der Waals surface area contributed by atoms with E-state index in [0.717, 1.165) is 11.1 Å².